The molecule has 1 fully saturated rings. The average molecular weight is 395 g/mol. The fraction of sp³-hybridized carbons (Fsp3) is 0.500. The molecule has 0 radical (unpaired) electrons. The number of anilines is 1. The van der Waals surface area contributed by atoms with Crippen LogP contribution in [-0.2, 0) is 6.42 Å². The molecule has 4 N–H and O–H groups in total. The minimum atomic E-state index is -0.0590. The van der Waals surface area contributed by atoms with E-state index >= 15 is 0 Å². The van der Waals surface area contributed by atoms with E-state index in [4.69, 9.17) is 5.73 Å². The molecule has 3 heterocycles. The first kappa shape index (κ1) is 19.8. The van der Waals surface area contributed by atoms with Crippen molar-refractivity contribution in [3.63, 3.8) is 0 Å². The second-order valence-electron chi connectivity index (χ2n) is 7.97. The van der Waals surface area contributed by atoms with Gasteiger partial charge < -0.3 is 16.0 Å². The molecule has 154 valence electrons. The van der Waals surface area contributed by atoms with Crippen LogP contribution >= 0.6 is 0 Å². The number of rotatable bonds is 7. The van der Waals surface area contributed by atoms with Gasteiger partial charge in [-0.15, -0.1) is 0 Å². The number of aliphatic imine (C=N–C) groups is 1. The van der Waals surface area contributed by atoms with Crippen molar-refractivity contribution in [2.45, 2.75) is 44.4 Å². The molecule has 29 heavy (non-hydrogen) atoms. The van der Waals surface area contributed by atoms with Gasteiger partial charge in [-0.2, -0.15) is 4.99 Å². The molecule has 2 aliphatic heterocycles. The van der Waals surface area contributed by atoms with E-state index < -0.39 is 0 Å². The van der Waals surface area contributed by atoms with E-state index in [2.05, 4.69) is 31.2 Å². The van der Waals surface area contributed by atoms with E-state index in [-0.39, 0.29) is 11.5 Å². The SMILES string of the molecule is NCCCCCN1CCC(c2cnc(N=C3Cc4ccccc4N3)[nH]c2=O)CC1. The zero-order chi connectivity index (χ0) is 20.1. The largest absolute Gasteiger partial charge is 0.343 e. The number of nitrogens with zero attached hydrogens (tertiary/aromatic N) is 3. The minimum Gasteiger partial charge on any atom is -0.343 e. The predicted octanol–water partition coefficient (Wildman–Crippen LogP) is 2.78. The molecular formula is C22H30N6O. The van der Waals surface area contributed by atoms with Crippen LogP contribution in [0.2, 0.25) is 0 Å². The van der Waals surface area contributed by atoms with E-state index in [0.29, 0.717) is 5.95 Å². The van der Waals surface area contributed by atoms with Crippen LogP contribution in [0, 0.1) is 0 Å². The van der Waals surface area contributed by atoms with Gasteiger partial charge in [-0.1, -0.05) is 24.6 Å². The van der Waals surface area contributed by atoms with Gasteiger partial charge in [-0.25, -0.2) is 4.98 Å². The van der Waals surface area contributed by atoms with E-state index in [9.17, 15) is 4.79 Å². The van der Waals surface area contributed by atoms with E-state index in [0.717, 1.165) is 68.9 Å². The number of aromatic nitrogens is 2. The summed E-state index contributed by atoms with van der Waals surface area (Å²) in [6.07, 6.45) is 7.97. The van der Waals surface area contributed by atoms with E-state index in [1.165, 1.54) is 18.4 Å². The topological polar surface area (TPSA) is 99.4 Å². The van der Waals surface area contributed by atoms with Crippen LogP contribution in [0.4, 0.5) is 11.6 Å². The summed E-state index contributed by atoms with van der Waals surface area (Å²) in [5.74, 6) is 1.46. The van der Waals surface area contributed by atoms with E-state index in [1.807, 2.05) is 18.2 Å². The summed E-state index contributed by atoms with van der Waals surface area (Å²) in [7, 11) is 0. The van der Waals surface area contributed by atoms with Crippen LogP contribution in [0.3, 0.4) is 0 Å². The molecule has 0 aliphatic carbocycles. The highest BCUT2D eigenvalue weighted by Gasteiger charge is 2.23. The molecule has 7 nitrogen and oxygen atoms in total. The van der Waals surface area contributed by atoms with Crippen LogP contribution in [0.25, 0.3) is 0 Å². The molecule has 2 aromatic rings. The standard InChI is InChI=1S/C22H30N6O/c23-10-4-1-5-11-28-12-8-16(9-13-28)18-15-24-22(27-21(18)29)26-20-14-17-6-2-3-7-19(17)25-20/h2-3,6-7,15-16H,1,4-5,8-14,23H2,(H2,24,25,26,27,29). The van der Waals surface area contributed by atoms with Crippen LogP contribution in [0.5, 0.6) is 0 Å². The number of unbranched alkanes of at least 4 members (excludes halogenated alkanes) is 2. The fourth-order valence-electron chi connectivity index (χ4n) is 4.24. The Bertz CT molecular complexity index is 887. The third kappa shape index (κ3) is 4.92. The van der Waals surface area contributed by atoms with Crippen molar-refractivity contribution < 1.29 is 0 Å². The Morgan fingerprint density at radius 3 is 2.76 bits per heavy atom. The monoisotopic (exact) mass is 394 g/mol. The Labute approximate surface area is 171 Å². The third-order valence-corrected chi connectivity index (χ3v) is 5.91. The highest BCUT2D eigenvalue weighted by Crippen LogP contribution is 2.26. The molecule has 0 saturated carbocycles. The average Bonchev–Trinajstić information content (AvgIpc) is 3.14. The molecule has 7 heteroatoms. The Morgan fingerprint density at radius 2 is 2.00 bits per heavy atom. The number of hydrogen-bond acceptors (Lipinski definition) is 5. The van der Waals surface area contributed by atoms with Crippen molar-refractivity contribution in [3.05, 3.63) is 51.9 Å². The van der Waals surface area contributed by atoms with Gasteiger partial charge in [-0.05, 0) is 69.4 Å². The van der Waals surface area contributed by atoms with Crippen molar-refractivity contribution in [1.29, 1.82) is 0 Å². The third-order valence-electron chi connectivity index (χ3n) is 5.91. The Kier molecular flexibility index (Phi) is 6.36. The van der Waals surface area contributed by atoms with Crippen LogP contribution < -0.4 is 16.6 Å². The predicted molar refractivity (Wildman–Crippen MR) is 117 cm³/mol. The number of piperidine rings is 1. The van der Waals surface area contributed by atoms with Gasteiger partial charge in [0.05, 0.1) is 0 Å². The van der Waals surface area contributed by atoms with Gasteiger partial charge in [0, 0.05) is 23.9 Å². The van der Waals surface area contributed by atoms with Gasteiger partial charge in [0.2, 0.25) is 5.95 Å². The number of fused-ring (bicyclic) bond motifs is 1. The summed E-state index contributed by atoms with van der Waals surface area (Å²) in [5.41, 5.74) is 8.57. The first-order valence-electron chi connectivity index (χ1n) is 10.7. The normalized spacial score (nSPS) is 18.7. The molecule has 0 unspecified atom stereocenters. The van der Waals surface area contributed by atoms with Gasteiger partial charge in [0.15, 0.2) is 0 Å². The van der Waals surface area contributed by atoms with Crippen molar-refractivity contribution in [2.24, 2.45) is 10.7 Å². The minimum absolute atomic E-state index is 0.0590. The molecule has 1 aromatic heterocycles. The first-order chi connectivity index (χ1) is 14.2. The summed E-state index contributed by atoms with van der Waals surface area (Å²) in [5, 5.41) is 3.29. The first-order valence-corrected chi connectivity index (χ1v) is 10.7. The Morgan fingerprint density at radius 1 is 1.17 bits per heavy atom. The fourth-order valence-corrected chi connectivity index (χ4v) is 4.24. The van der Waals surface area contributed by atoms with Gasteiger partial charge in [-0.3, -0.25) is 9.78 Å². The zero-order valence-corrected chi connectivity index (χ0v) is 16.9. The number of hydrogen-bond donors (Lipinski definition) is 3. The molecule has 0 amide bonds. The molecule has 0 spiro atoms. The quantitative estimate of drug-likeness (QED) is 0.627. The van der Waals surface area contributed by atoms with Crippen molar-refractivity contribution in [2.75, 3.05) is 31.5 Å². The number of amidine groups is 1. The van der Waals surface area contributed by atoms with E-state index in [1.54, 1.807) is 6.20 Å². The number of benzene rings is 1. The Balaban J connectivity index is 1.34. The van der Waals surface area contributed by atoms with Crippen molar-refractivity contribution in [3.8, 4) is 0 Å². The molecule has 1 saturated heterocycles. The lowest BCUT2D eigenvalue weighted by Crippen LogP contribution is -2.35. The van der Waals surface area contributed by atoms with Crippen LogP contribution in [-0.4, -0.2) is 46.9 Å². The maximum atomic E-state index is 12.6. The lowest BCUT2D eigenvalue weighted by molar-refractivity contribution is 0.208. The second kappa shape index (κ2) is 9.33. The molecular weight excluding hydrogens is 364 g/mol. The van der Waals surface area contributed by atoms with Crippen LogP contribution in [0.15, 0.2) is 40.2 Å². The lowest BCUT2D eigenvalue weighted by Gasteiger charge is -2.31. The number of nitrogens with two attached hydrogens (primary N) is 1. The number of para-hydroxylation sites is 1. The van der Waals surface area contributed by atoms with Crippen LogP contribution in [0.1, 0.15) is 49.1 Å². The van der Waals surface area contributed by atoms with Gasteiger partial charge in [0.1, 0.15) is 5.84 Å². The maximum absolute atomic E-state index is 12.6. The van der Waals surface area contributed by atoms with Crippen molar-refractivity contribution in [1.82, 2.24) is 14.9 Å². The Hall–Kier alpha value is -2.51. The molecule has 4 rings (SSSR count). The van der Waals surface area contributed by atoms with Gasteiger partial charge in [0.25, 0.3) is 5.56 Å². The lowest BCUT2D eigenvalue weighted by atomic mass is 9.91. The molecule has 0 atom stereocenters. The number of H-pyrrole nitrogens is 1. The molecule has 0 bridgehead atoms. The summed E-state index contributed by atoms with van der Waals surface area (Å²) in [6, 6.07) is 8.12. The highest BCUT2D eigenvalue weighted by molar-refractivity contribution is 6.03. The smallest absolute Gasteiger partial charge is 0.255 e. The summed E-state index contributed by atoms with van der Waals surface area (Å²) in [4.78, 5) is 26.9. The summed E-state index contributed by atoms with van der Waals surface area (Å²) >= 11 is 0. The highest BCUT2D eigenvalue weighted by atomic mass is 16.1. The second-order valence-corrected chi connectivity index (χ2v) is 7.97. The number of likely N-dealkylation sites (tertiary alicyclic amines) is 1. The number of aromatic amines is 1. The summed E-state index contributed by atoms with van der Waals surface area (Å²) in [6.45, 7) is 3.99. The van der Waals surface area contributed by atoms with Crippen molar-refractivity contribution >= 4 is 17.5 Å². The summed E-state index contributed by atoms with van der Waals surface area (Å²) < 4.78 is 0. The maximum Gasteiger partial charge on any atom is 0.255 e. The molecule has 2 aliphatic rings. The number of nitrogens with one attached hydrogen (secondary N) is 2. The zero-order valence-electron chi connectivity index (χ0n) is 16.9. The van der Waals surface area contributed by atoms with Gasteiger partial charge >= 0.3 is 0 Å². The molecule has 1 aromatic carbocycles.